The fourth-order valence-corrected chi connectivity index (χ4v) is 1.49. The Kier molecular flexibility index (Phi) is 3.25. The molecule has 0 bridgehead atoms. The van der Waals surface area contributed by atoms with Gasteiger partial charge in [-0.05, 0) is 20.8 Å². The molecule has 0 unspecified atom stereocenters. The van der Waals surface area contributed by atoms with Crippen LogP contribution < -0.4 is 11.1 Å². The van der Waals surface area contributed by atoms with Crippen molar-refractivity contribution in [3.63, 3.8) is 0 Å². The maximum absolute atomic E-state index is 11.7. The lowest BCUT2D eigenvalue weighted by molar-refractivity contribution is -0.170. The molecule has 0 spiro atoms. The van der Waals surface area contributed by atoms with Gasteiger partial charge in [-0.3, -0.25) is 9.59 Å². The third kappa shape index (κ3) is 2.33. The molecule has 92 valence electrons. The highest BCUT2D eigenvalue weighted by molar-refractivity contribution is 5.88. The first-order valence-corrected chi connectivity index (χ1v) is 5.12. The number of carbonyl (C=O) groups is 2. The smallest absolute Gasteiger partial charge is 0.324 e. The largest absolute Gasteiger partial charge is 0.481 e. The summed E-state index contributed by atoms with van der Waals surface area (Å²) in [6, 6.07) is -1.13. The van der Waals surface area contributed by atoms with Crippen LogP contribution in [0.4, 0.5) is 0 Å². The van der Waals surface area contributed by atoms with Crippen molar-refractivity contribution in [1.29, 1.82) is 0 Å². The first kappa shape index (κ1) is 12.9. The number of carboxylic acids is 1. The predicted molar refractivity (Wildman–Crippen MR) is 56.8 cm³/mol. The van der Waals surface area contributed by atoms with Gasteiger partial charge < -0.3 is 20.9 Å². The average molecular weight is 230 g/mol. The predicted octanol–water partition coefficient (Wildman–Crippen LogP) is -0.670. The first-order chi connectivity index (χ1) is 7.19. The molecule has 4 N–H and O–H groups in total. The van der Waals surface area contributed by atoms with E-state index in [0.717, 1.165) is 0 Å². The molecule has 1 aliphatic rings. The summed E-state index contributed by atoms with van der Waals surface area (Å²) < 4.78 is 5.08. The van der Waals surface area contributed by atoms with Gasteiger partial charge in [0.15, 0.2) is 0 Å². The van der Waals surface area contributed by atoms with Gasteiger partial charge in [-0.2, -0.15) is 0 Å². The van der Waals surface area contributed by atoms with Gasteiger partial charge in [0.2, 0.25) is 0 Å². The molecule has 6 heteroatoms. The zero-order valence-electron chi connectivity index (χ0n) is 9.74. The van der Waals surface area contributed by atoms with Gasteiger partial charge in [-0.15, -0.1) is 0 Å². The Morgan fingerprint density at radius 2 is 1.94 bits per heavy atom. The molecule has 6 nitrogen and oxygen atoms in total. The molecule has 1 heterocycles. The second-order valence-corrected chi connectivity index (χ2v) is 5.08. The fourth-order valence-electron chi connectivity index (χ4n) is 1.49. The van der Waals surface area contributed by atoms with Crippen LogP contribution in [0.5, 0.6) is 0 Å². The van der Waals surface area contributed by atoms with Crippen LogP contribution in [-0.2, 0) is 14.3 Å². The lowest BCUT2D eigenvalue weighted by atomic mass is 9.75. The maximum atomic E-state index is 11.7. The second-order valence-electron chi connectivity index (χ2n) is 5.08. The van der Waals surface area contributed by atoms with Crippen LogP contribution in [0.25, 0.3) is 0 Å². The SMILES string of the molecule is CC(C)(C)OC(=O)[C@@H](N)C1(C(=O)O)CNC1. The van der Waals surface area contributed by atoms with Crippen molar-refractivity contribution in [3.05, 3.63) is 0 Å². The Balaban J connectivity index is 2.73. The molecule has 0 amide bonds. The molecule has 0 aromatic rings. The topological polar surface area (TPSA) is 102 Å². The number of hydrogen-bond donors (Lipinski definition) is 3. The molecule has 0 radical (unpaired) electrons. The molecule has 16 heavy (non-hydrogen) atoms. The van der Waals surface area contributed by atoms with E-state index >= 15 is 0 Å². The van der Waals surface area contributed by atoms with Crippen molar-refractivity contribution < 1.29 is 19.4 Å². The van der Waals surface area contributed by atoms with Gasteiger partial charge >= 0.3 is 11.9 Å². The minimum atomic E-state index is -1.22. The average Bonchev–Trinajstić information content (AvgIpc) is 1.97. The fraction of sp³-hybridized carbons (Fsp3) is 0.800. The third-order valence-electron chi connectivity index (χ3n) is 2.56. The number of nitrogens with one attached hydrogen (secondary N) is 1. The minimum Gasteiger partial charge on any atom is -0.481 e. The van der Waals surface area contributed by atoms with E-state index in [1.807, 2.05) is 0 Å². The van der Waals surface area contributed by atoms with Crippen LogP contribution in [-0.4, -0.2) is 41.8 Å². The van der Waals surface area contributed by atoms with E-state index in [1.54, 1.807) is 20.8 Å². The molecule has 1 rings (SSSR count). The van der Waals surface area contributed by atoms with Gasteiger partial charge in [-0.25, -0.2) is 0 Å². The van der Waals surface area contributed by atoms with Crippen molar-refractivity contribution in [1.82, 2.24) is 5.32 Å². The van der Waals surface area contributed by atoms with Gasteiger partial charge in [0.25, 0.3) is 0 Å². The van der Waals surface area contributed by atoms with E-state index in [-0.39, 0.29) is 13.1 Å². The normalized spacial score (nSPS) is 20.8. The molecule has 1 atom stereocenters. The van der Waals surface area contributed by atoms with E-state index in [0.29, 0.717) is 0 Å². The molecule has 1 aliphatic heterocycles. The molecule has 0 aromatic heterocycles. The summed E-state index contributed by atoms with van der Waals surface area (Å²) in [6.07, 6.45) is 0. The molecule has 0 aromatic carbocycles. The van der Waals surface area contributed by atoms with Crippen LogP contribution in [0.2, 0.25) is 0 Å². The number of carboxylic acid groups (broad SMARTS) is 1. The summed E-state index contributed by atoms with van der Waals surface area (Å²) in [5.41, 5.74) is 3.79. The summed E-state index contributed by atoms with van der Waals surface area (Å²) in [5.74, 6) is -1.74. The quantitative estimate of drug-likeness (QED) is 0.556. The second kappa shape index (κ2) is 4.03. The van der Waals surface area contributed by atoms with Crippen molar-refractivity contribution in [3.8, 4) is 0 Å². The van der Waals surface area contributed by atoms with Crippen LogP contribution in [0.1, 0.15) is 20.8 Å². The number of ether oxygens (including phenoxy) is 1. The van der Waals surface area contributed by atoms with Crippen molar-refractivity contribution in [2.24, 2.45) is 11.1 Å². The summed E-state index contributed by atoms with van der Waals surface area (Å²) >= 11 is 0. The zero-order chi connectivity index (χ0) is 12.6. The van der Waals surface area contributed by atoms with E-state index in [4.69, 9.17) is 15.6 Å². The minimum absolute atomic E-state index is 0.197. The molecule has 0 aliphatic carbocycles. The summed E-state index contributed by atoms with van der Waals surface area (Å²) in [7, 11) is 0. The molecule has 1 saturated heterocycles. The maximum Gasteiger partial charge on any atom is 0.324 e. The third-order valence-corrected chi connectivity index (χ3v) is 2.56. The number of rotatable bonds is 3. The standard InChI is InChI=1S/C10H18N2O4/c1-9(2,3)16-7(13)6(11)10(8(14)15)4-12-5-10/h6,12H,4-5,11H2,1-3H3,(H,14,15)/t6-/m1/s1. The van der Waals surface area contributed by atoms with Gasteiger partial charge in [0.1, 0.15) is 17.1 Å². The Labute approximate surface area is 94.1 Å². The van der Waals surface area contributed by atoms with E-state index in [9.17, 15) is 9.59 Å². The number of hydrogen-bond acceptors (Lipinski definition) is 5. The monoisotopic (exact) mass is 230 g/mol. The van der Waals surface area contributed by atoms with E-state index in [1.165, 1.54) is 0 Å². The molecular formula is C10H18N2O4. The highest BCUT2D eigenvalue weighted by Crippen LogP contribution is 2.28. The van der Waals surface area contributed by atoms with Crippen LogP contribution in [0, 0.1) is 5.41 Å². The van der Waals surface area contributed by atoms with Crippen molar-refractivity contribution >= 4 is 11.9 Å². The number of nitrogens with two attached hydrogens (primary N) is 1. The lowest BCUT2D eigenvalue weighted by Gasteiger charge is -2.42. The number of esters is 1. The van der Waals surface area contributed by atoms with Gasteiger partial charge in [-0.1, -0.05) is 0 Å². The van der Waals surface area contributed by atoms with E-state index < -0.39 is 29.0 Å². The molecular weight excluding hydrogens is 212 g/mol. The summed E-state index contributed by atoms with van der Waals surface area (Å²) in [6.45, 7) is 5.53. The zero-order valence-corrected chi connectivity index (χ0v) is 9.74. The number of aliphatic carboxylic acids is 1. The Hall–Kier alpha value is -1.14. The summed E-state index contributed by atoms with van der Waals surface area (Å²) in [4.78, 5) is 22.8. The van der Waals surface area contributed by atoms with Gasteiger partial charge in [0, 0.05) is 13.1 Å². The molecule has 1 fully saturated rings. The highest BCUT2D eigenvalue weighted by atomic mass is 16.6. The van der Waals surface area contributed by atoms with Gasteiger partial charge in [0.05, 0.1) is 0 Å². The van der Waals surface area contributed by atoms with E-state index in [2.05, 4.69) is 5.32 Å². The Bertz CT molecular complexity index is 304. The van der Waals surface area contributed by atoms with Crippen LogP contribution in [0.3, 0.4) is 0 Å². The first-order valence-electron chi connectivity index (χ1n) is 5.12. The summed E-state index contributed by atoms with van der Waals surface area (Å²) in [5, 5.41) is 11.9. The van der Waals surface area contributed by atoms with Crippen molar-refractivity contribution in [2.45, 2.75) is 32.4 Å². The van der Waals surface area contributed by atoms with Crippen molar-refractivity contribution in [2.75, 3.05) is 13.1 Å². The van der Waals surface area contributed by atoms with Crippen LogP contribution in [0.15, 0.2) is 0 Å². The highest BCUT2D eigenvalue weighted by Gasteiger charge is 2.53. The van der Waals surface area contributed by atoms with Crippen LogP contribution >= 0.6 is 0 Å². The molecule has 0 saturated carbocycles. The Morgan fingerprint density at radius 1 is 1.44 bits per heavy atom. The number of carbonyl (C=O) groups excluding carboxylic acids is 1. The lowest BCUT2D eigenvalue weighted by Crippen LogP contribution is -2.69. The Morgan fingerprint density at radius 3 is 2.19 bits per heavy atom.